The molecule has 0 spiro atoms. The summed E-state index contributed by atoms with van der Waals surface area (Å²) >= 11 is 1.18. The van der Waals surface area contributed by atoms with E-state index in [1.807, 2.05) is 42.5 Å². The van der Waals surface area contributed by atoms with Gasteiger partial charge in [0.1, 0.15) is 5.76 Å². The average molecular weight is 374 g/mol. The molecular weight excluding hydrogens is 360 g/mol. The van der Waals surface area contributed by atoms with Crippen molar-refractivity contribution in [3.8, 4) is 11.1 Å². The molecule has 0 radical (unpaired) electrons. The molecule has 2 aromatic heterocycles. The summed E-state index contributed by atoms with van der Waals surface area (Å²) in [4.78, 5) is 16.6. The molecule has 0 saturated heterocycles. The van der Waals surface area contributed by atoms with Crippen molar-refractivity contribution >= 4 is 33.7 Å². The van der Waals surface area contributed by atoms with Crippen LogP contribution in [0.25, 0.3) is 11.1 Å². The van der Waals surface area contributed by atoms with Crippen molar-refractivity contribution in [2.45, 2.75) is 0 Å². The lowest BCUT2D eigenvalue weighted by Gasteiger charge is -2.04. The zero-order valence-corrected chi connectivity index (χ0v) is 14.9. The van der Waals surface area contributed by atoms with E-state index in [9.17, 15) is 4.79 Å². The minimum Gasteiger partial charge on any atom is -0.463 e. The number of anilines is 1. The van der Waals surface area contributed by atoms with Crippen LogP contribution in [0.1, 0.15) is 16.1 Å². The van der Waals surface area contributed by atoms with Crippen LogP contribution in [0.2, 0.25) is 0 Å². The molecule has 0 aliphatic heterocycles. The molecule has 0 aliphatic rings. The number of aliphatic imine (C=N–C) groups is 1. The van der Waals surface area contributed by atoms with E-state index in [-0.39, 0.29) is 5.91 Å². The van der Waals surface area contributed by atoms with E-state index in [1.165, 1.54) is 11.3 Å². The van der Waals surface area contributed by atoms with Crippen molar-refractivity contribution in [3.63, 3.8) is 0 Å². The van der Waals surface area contributed by atoms with Gasteiger partial charge >= 0.3 is 0 Å². The van der Waals surface area contributed by atoms with Crippen LogP contribution in [0.15, 0.2) is 82.4 Å². The fourth-order valence-corrected chi connectivity index (χ4v) is 3.00. The smallest absolute Gasteiger partial charge is 0.257 e. The Morgan fingerprint density at radius 1 is 0.963 bits per heavy atom. The molecule has 7 heteroatoms. The fourth-order valence-electron chi connectivity index (χ4n) is 2.42. The van der Waals surface area contributed by atoms with Crippen molar-refractivity contribution in [2.75, 3.05) is 5.32 Å². The minimum atomic E-state index is -0.243. The van der Waals surface area contributed by atoms with Gasteiger partial charge in [-0.1, -0.05) is 53.8 Å². The molecule has 0 saturated carbocycles. The number of hydrogen-bond donors (Lipinski definition) is 1. The van der Waals surface area contributed by atoms with Gasteiger partial charge in [0.05, 0.1) is 12.5 Å². The van der Waals surface area contributed by atoms with Crippen LogP contribution >= 0.6 is 11.3 Å². The van der Waals surface area contributed by atoms with Gasteiger partial charge in [-0.2, -0.15) is 0 Å². The van der Waals surface area contributed by atoms with Crippen LogP contribution in [-0.4, -0.2) is 22.3 Å². The van der Waals surface area contributed by atoms with Gasteiger partial charge in [-0.15, -0.1) is 10.2 Å². The number of benzene rings is 2. The number of nitrogens with one attached hydrogen (secondary N) is 1. The van der Waals surface area contributed by atoms with E-state index in [0.29, 0.717) is 21.6 Å². The Labute approximate surface area is 159 Å². The summed E-state index contributed by atoms with van der Waals surface area (Å²) in [5.41, 5.74) is 2.70. The summed E-state index contributed by atoms with van der Waals surface area (Å²) in [5.74, 6) is 0.376. The highest BCUT2D eigenvalue weighted by Gasteiger charge is 2.10. The topological polar surface area (TPSA) is 80.4 Å². The Kier molecular flexibility index (Phi) is 4.84. The van der Waals surface area contributed by atoms with Crippen molar-refractivity contribution in [1.82, 2.24) is 10.2 Å². The molecule has 4 rings (SSSR count). The Morgan fingerprint density at radius 2 is 1.74 bits per heavy atom. The van der Waals surface area contributed by atoms with Gasteiger partial charge in [-0.3, -0.25) is 10.1 Å². The third-order valence-corrected chi connectivity index (χ3v) is 4.48. The van der Waals surface area contributed by atoms with E-state index in [0.717, 1.165) is 11.1 Å². The fraction of sp³-hybridized carbons (Fsp3) is 0. The quantitative estimate of drug-likeness (QED) is 0.509. The summed E-state index contributed by atoms with van der Waals surface area (Å²) < 4.78 is 5.16. The molecule has 0 fully saturated rings. The van der Waals surface area contributed by atoms with E-state index in [2.05, 4.69) is 20.5 Å². The number of nitrogens with zero attached hydrogens (tertiary/aromatic N) is 3. The Hall–Kier alpha value is -3.58. The molecule has 132 valence electrons. The monoisotopic (exact) mass is 374 g/mol. The highest BCUT2D eigenvalue weighted by molar-refractivity contribution is 7.18. The van der Waals surface area contributed by atoms with Crippen molar-refractivity contribution in [1.29, 1.82) is 0 Å². The molecule has 6 nitrogen and oxygen atoms in total. The number of carbonyl (C=O) groups is 1. The second-order valence-electron chi connectivity index (χ2n) is 5.56. The lowest BCUT2D eigenvalue weighted by molar-refractivity contribution is 0.102. The van der Waals surface area contributed by atoms with Gasteiger partial charge in [-0.05, 0) is 35.4 Å². The van der Waals surface area contributed by atoms with Crippen LogP contribution in [0.4, 0.5) is 10.3 Å². The van der Waals surface area contributed by atoms with Crippen molar-refractivity contribution < 1.29 is 9.21 Å². The number of hydrogen-bond acceptors (Lipinski definition) is 6. The molecule has 2 heterocycles. The molecule has 1 amide bonds. The van der Waals surface area contributed by atoms with Crippen LogP contribution in [0, 0.1) is 0 Å². The summed E-state index contributed by atoms with van der Waals surface area (Å²) in [6.45, 7) is 0. The summed E-state index contributed by atoms with van der Waals surface area (Å²) in [6, 6.07) is 21.0. The van der Waals surface area contributed by atoms with Gasteiger partial charge < -0.3 is 4.42 Å². The van der Waals surface area contributed by atoms with Crippen molar-refractivity contribution in [2.24, 2.45) is 4.99 Å². The second kappa shape index (κ2) is 7.76. The van der Waals surface area contributed by atoms with Gasteiger partial charge in [0.2, 0.25) is 10.3 Å². The molecular formula is C20H14N4O2S. The molecule has 1 N–H and O–H groups in total. The van der Waals surface area contributed by atoms with Crippen LogP contribution < -0.4 is 5.32 Å². The molecule has 27 heavy (non-hydrogen) atoms. The zero-order valence-electron chi connectivity index (χ0n) is 14.1. The van der Waals surface area contributed by atoms with Crippen LogP contribution in [0.3, 0.4) is 0 Å². The maximum absolute atomic E-state index is 12.4. The maximum Gasteiger partial charge on any atom is 0.257 e. The minimum absolute atomic E-state index is 0.243. The normalized spacial score (nSPS) is 11.0. The lowest BCUT2D eigenvalue weighted by atomic mass is 10.0. The Balaban J connectivity index is 1.42. The first-order valence-corrected chi connectivity index (χ1v) is 8.97. The van der Waals surface area contributed by atoms with Crippen LogP contribution in [-0.2, 0) is 0 Å². The SMILES string of the molecule is O=C(Nc1nnc(N=Cc2ccco2)s1)c1ccc(-c2ccccc2)cc1. The van der Waals surface area contributed by atoms with E-state index in [1.54, 1.807) is 36.7 Å². The first kappa shape index (κ1) is 16.9. The number of furan rings is 1. The Bertz CT molecular complexity index is 1060. The molecule has 0 aliphatic carbocycles. The molecule has 2 aromatic carbocycles. The predicted molar refractivity (Wildman–Crippen MR) is 106 cm³/mol. The number of carbonyl (C=O) groups excluding carboxylic acids is 1. The first-order valence-electron chi connectivity index (χ1n) is 8.16. The number of aromatic nitrogens is 2. The summed E-state index contributed by atoms with van der Waals surface area (Å²) in [7, 11) is 0. The number of rotatable bonds is 5. The molecule has 4 aromatic rings. The van der Waals surface area contributed by atoms with E-state index in [4.69, 9.17) is 4.42 Å². The zero-order chi connectivity index (χ0) is 18.5. The first-order chi connectivity index (χ1) is 13.3. The van der Waals surface area contributed by atoms with Crippen LogP contribution in [0.5, 0.6) is 0 Å². The lowest BCUT2D eigenvalue weighted by Crippen LogP contribution is -2.11. The maximum atomic E-state index is 12.4. The van der Waals surface area contributed by atoms with Gasteiger partial charge in [0.15, 0.2) is 0 Å². The largest absolute Gasteiger partial charge is 0.463 e. The summed E-state index contributed by atoms with van der Waals surface area (Å²) in [6.07, 6.45) is 3.12. The standard InChI is InChI=1S/C20H14N4O2S/c25-18(16-10-8-15(9-11-16)14-5-2-1-3-6-14)22-20-24-23-19(27-20)21-13-17-7-4-12-26-17/h1-13H,(H,22,24,25). The number of amides is 1. The highest BCUT2D eigenvalue weighted by atomic mass is 32.1. The van der Waals surface area contributed by atoms with E-state index >= 15 is 0 Å². The third kappa shape index (κ3) is 4.16. The Morgan fingerprint density at radius 3 is 2.48 bits per heavy atom. The average Bonchev–Trinajstić information content (AvgIpc) is 3.39. The molecule has 0 bridgehead atoms. The van der Waals surface area contributed by atoms with E-state index < -0.39 is 0 Å². The molecule has 0 unspecified atom stereocenters. The summed E-state index contributed by atoms with van der Waals surface area (Å²) in [5, 5.41) is 11.4. The second-order valence-corrected chi connectivity index (χ2v) is 6.52. The predicted octanol–water partition coefficient (Wildman–Crippen LogP) is 4.80. The third-order valence-electron chi connectivity index (χ3n) is 3.73. The van der Waals surface area contributed by atoms with Gasteiger partial charge in [0.25, 0.3) is 5.91 Å². The van der Waals surface area contributed by atoms with Gasteiger partial charge in [-0.25, -0.2) is 4.99 Å². The van der Waals surface area contributed by atoms with Crippen molar-refractivity contribution in [3.05, 3.63) is 84.3 Å². The molecule has 0 atom stereocenters. The van der Waals surface area contributed by atoms with Gasteiger partial charge in [0, 0.05) is 5.56 Å². The highest BCUT2D eigenvalue weighted by Crippen LogP contribution is 2.24.